The van der Waals surface area contributed by atoms with E-state index in [4.69, 9.17) is 21.1 Å². The number of aromatic nitrogens is 4. The predicted octanol–water partition coefficient (Wildman–Crippen LogP) is 4.26. The lowest BCUT2D eigenvalue weighted by Crippen LogP contribution is -2.24. The number of hydrogen-bond donors (Lipinski definition) is 1. The second-order valence-corrected chi connectivity index (χ2v) is 7.84. The van der Waals surface area contributed by atoms with Crippen molar-refractivity contribution in [3.63, 3.8) is 0 Å². The van der Waals surface area contributed by atoms with Crippen LogP contribution in [0, 0.1) is 5.82 Å². The van der Waals surface area contributed by atoms with Gasteiger partial charge in [0.25, 0.3) is 5.91 Å². The van der Waals surface area contributed by atoms with Crippen LogP contribution in [-0.4, -0.2) is 38.9 Å². The van der Waals surface area contributed by atoms with Crippen LogP contribution in [0.2, 0.25) is 5.02 Å². The molecule has 36 heavy (non-hydrogen) atoms. The Morgan fingerprint density at radius 3 is 2.72 bits per heavy atom. The second kappa shape index (κ2) is 11.9. The van der Waals surface area contributed by atoms with Crippen molar-refractivity contribution in [3.8, 4) is 22.9 Å². The van der Waals surface area contributed by atoms with E-state index in [-0.39, 0.29) is 19.0 Å². The number of rotatable bonds is 10. The van der Waals surface area contributed by atoms with Crippen LogP contribution >= 0.6 is 11.6 Å². The van der Waals surface area contributed by atoms with Crippen LogP contribution in [0.4, 0.5) is 4.39 Å². The zero-order chi connectivity index (χ0) is 25.3. The van der Waals surface area contributed by atoms with Crippen LogP contribution < -0.4 is 14.9 Å². The van der Waals surface area contributed by atoms with Crippen molar-refractivity contribution >= 4 is 23.7 Å². The molecule has 0 spiro atoms. The summed E-state index contributed by atoms with van der Waals surface area (Å²) in [5.41, 5.74) is 4.14. The number of nitrogens with one attached hydrogen (secondary N) is 1. The zero-order valence-corrected chi connectivity index (χ0v) is 20.0. The van der Waals surface area contributed by atoms with E-state index < -0.39 is 5.91 Å². The Morgan fingerprint density at radius 2 is 1.92 bits per heavy atom. The van der Waals surface area contributed by atoms with Gasteiger partial charge in [0.2, 0.25) is 5.82 Å². The topological polar surface area (TPSA) is 104 Å². The van der Waals surface area contributed by atoms with E-state index in [0.29, 0.717) is 45.6 Å². The fraction of sp³-hybridized carbons (Fsp3) is 0.160. The van der Waals surface area contributed by atoms with Gasteiger partial charge in [-0.15, -0.1) is 10.2 Å². The van der Waals surface area contributed by atoms with Crippen LogP contribution in [0.15, 0.2) is 71.8 Å². The Morgan fingerprint density at radius 1 is 1.11 bits per heavy atom. The fourth-order valence-corrected chi connectivity index (χ4v) is 3.39. The van der Waals surface area contributed by atoms with Gasteiger partial charge in [0, 0.05) is 11.1 Å². The van der Waals surface area contributed by atoms with Gasteiger partial charge in [-0.2, -0.15) is 9.90 Å². The number of carbonyl (C=O) groups excluding carboxylic acids is 1. The van der Waals surface area contributed by atoms with Crippen LogP contribution in [-0.2, 0) is 17.9 Å². The van der Waals surface area contributed by atoms with E-state index in [1.54, 1.807) is 54.6 Å². The van der Waals surface area contributed by atoms with E-state index >= 15 is 0 Å². The maximum absolute atomic E-state index is 13.9. The van der Waals surface area contributed by atoms with E-state index in [2.05, 4.69) is 25.9 Å². The summed E-state index contributed by atoms with van der Waals surface area (Å²) < 4.78 is 25.3. The zero-order valence-electron chi connectivity index (χ0n) is 19.3. The molecule has 11 heteroatoms. The molecule has 4 rings (SSSR count). The predicted molar refractivity (Wildman–Crippen MR) is 132 cm³/mol. The van der Waals surface area contributed by atoms with Gasteiger partial charge in [-0.1, -0.05) is 41.9 Å². The first-order chi connectivity index (χ1) is 17.5. The highest BCUT2D eigenvalue weighted by molar-refractivity contribution is 6.33. The summed E-state index contributed by atoms with van der Waals surface area (Å²) in [4.78, 5) is 13.4. The van der Waals surface area contributed by atoms with Gasteiger partial charge in [-0.05, 0) is 54.1 Å². The molecule has 0 saturated heterocycles. The Bertz CT molecular complexity index is 1380. The molecular formula is C25H22ClFN6O3. The van der Waals surface area contributed by atoms with Gasteiger partial charge in [-0.25, -0.2) is 9.82 Å². The second-order valence-electron chi connectivity index (χ2n) is 7.44. The average molecular weight is 509 g/mol. The van der Waals surface area contributed by atoms with Crippen molar-refractivity contribution in [1.82, 2.24) is 25.6 Å². The van der Waals surface area contributed by atoms with Gasteiger partial charge in [-0.3, -0.25) is 4.79 Å². The first kappa shape index (κ1) is 24.8. The highest BCUT2D eigenvalue weighted by Gasteiger charge is 2.12. The number of ether oxygens (including phenoxy) is 2. The first-order valence-corrected chi connectivity index (χ1v) is 11.4. The molecule has 1 amide bonds. The minimum atomic E-state index is -0.441. The normalized spacial score (nSPS) is 11.0. The number of halogens is 2. The largest absolute Gasteiger partial charge is 0.490 e. The number of hydrazone groups is 1. The smallest absolute Gasteiger partial charge is 0.263 e. The van der Waals surface area contributed by atoms with E-state index in [0.717, 1.165) is 4.80 Å². The molecule has 4 aromatic rings. The van der Waals surface area contributed by atoms with Crippen molar-refractivity contribution < 1.29 is 18.7 Å². The Balaban J connectivity index is 1.35. The summed E-state index contributed by atoms with van der Waals surface area (Å²) in [7, 11) is 0. The quantitative estimate of drug-likeness (QED) is 0.253. The SMILES string of the molecule is CCOc1cc(/C=N\NC(=O)Cn2nnc(-c3ccccc3Cl)n2)ccc1OCc1ccccc1F. The number of carbonyl (C=O) groups is 1. The monoisotopic (exact) mass is 508 g/mol. The highest BCUT2D eigenvalue weighted by atomic mass is 35.5. The fourth-order valence-electron chi connectivity index (χ4n) is 3.17. The molecule has 3 aromatic carbocycles. The summed E-state index contributed by atoms with van der Waals surface area (Å²) >= 11 is 6.15. The molecular weight excluding hydrogens is 487 g/mol. The number of nitrogens with zero attached hydrogens (tertiary/aromatic N) is 5. The molecule has 0 aliphatic rings. The summed E-state index contributed by atoms with van der Waals surface area (Å²) in [5.74, 6) is 0.480. The molecule has 0 radical (unpaired) electrons. The van der Waals surface area contributed by atoms with Gasteiger partial charge < -0.3 is 9.47 Å². The number of benzene rings is 3. The van der Waals surface area contributed by atoms with Crippen molar-refractivity contribution in [2.75, 3.05) is 6.61 Å². The lowest BCUT2D eigenvalue weighted by molar-refractivity contribution is -0.122. The molecule has 0 unspecified atom stereocenters. The molecule has 0 aliphatic heterocycles. The third-order valence-electron chi connectivity index (χ3n) is 4.86. The molecule has 0 bridgehead atoms. The van der Waals surface area contributed by atoms with Crippen molar-refractivity contribution in [3.05, 3.63) is 88.7 Å². The average Bonchev–Trinajstić information content (AvgIpc) is 3.33. The standard InChI is InChI=1S/C25H22ClFN6O3/c1-2-35-23-13-17(11-12-22(23)36-16-18-7-3-6-10-21(18)27)14-28-29-24(34)15-33-31-25(30-32-33)19-8-4-5-9-20(19)26/h3-14H,2,15-16H2,1H3,(H,29,34)/b28-14-. The highest BCUT2D eigenvalue weighted by Crippen LogP contribution is 2.29. The Labute approximate surface area is 211 Å². The summed E-state index contributed by atoms with van der Waals surface area (Å²) in [6.45, 7) is 2.14. The van der Waals surface area contributed by atoms with Crippen molar-refractivity contribution in [1.29, 1.82) is 0 Å². The third kappa shape index (κ3) is 6.42. The molecule has 184 valence electrons. The maximum atomic E-state index is 13.9. The lowest BCUT2D eigenvalue weighted by Gasteiger charge is -2.13. The number of tetrazole rings is 1. The Kier molecular flexibility index (Phi) is 8.20. The minimum Gasteiger partial charge on any atom is -0.490 e. The van der Waals surface area contributed by atoms with Gasteiger partial charge in [0.05, 0.1) is 17.8 Å². The summed E-state index contributed by atoms with van der Waals surface area (Å²) in [6.07, 6.45) is 1.46. The summed E-state index contributed by atoms with van der Waals surface area (Å²) in [5, 5.41) is 16.4. The number of amides is 1. The molecule has 1 heterocycles. The third-order valence-corrected chi connectivity index (χ3v) is 5.19. The first-order valence-electron chi connectivity index (χ1n) is 11.0. The molecule has 1 N–H and O–H groups in total. The number of hydrogen-bond acceptors (Lipinski definition) is 7. The summed E-state index contributed by atoms with van der Waals surface area (Å²) in [6, 6.07) is 18.7. The van der Waals surface area contributed by atoms with Crippen LogP contribution in [0.25, 0.3) is 11.4 Å². The molecule has 0 aliphatic carbocycles. The van der Waals surface area contributed by atoms with E-state index in [9.17, 15) is 9.18 Å². The molecule has 9 nitrogen and oxygen atoms in total. The lowest BCUT2D eigenvalue weighted by atomic mass is 10.2. The molecule has 0 saturated carbocycles. The van der Waals surface area contributed by atoms with Gasteiger partial charge >= 0.3 is 0 Å². The van der Waals surface area contributed by atoms with Crippen molar-refractivity contribution in [2.45, 2.75) is 20.1 Å². The minimum absolute atomic E-state index is 0.0603. The van der Waals surface area contributed by atoms with Gasteiger partial charge in [0.15, 0.2) is 11.5 Å². The maximum Gasteiger partial charge on any atom is 0.263 e. The van der Waals surface area contributed by atoms with Crippen LogP contribution in [0.5, 0.6) is 11.5 Å². The van der Waals surface area contributed by atoms with E-state index in [1.807, 2.05) is 13.0 Å². The van der Waals surface area contributed by atoms with Crippen molar-refractivity contribution in [2.24, 2.45) is 5.10 Å². The van der Waals surface area contributed by atoms with Crippen LogP contribution in [0.3, 0.4) is 0 Å². The molecule has 0 atom stereocenters. The van der Waals surface area contributed by atoms with Crippen LogP contribution in [0.1, 0.15) is 18.1 Å². The Hall–Kier alpha value is -4.31. The van der Waals surface area contributed by atoms with Gasteiger partial charge in [0.1, 0.15) is 19.0 Å². The van der Waals surface area contributed by atoms with E-state index in [1.165, 1.54) is 12.3 Å². The molecule has 1 aromatic heterocycles. The molecule has 0 fully saturated rings.